The van der Waals surface area contributed by atoms with Gasteiger partial charge in [-0.1, -0.05) is 90.4 Å². The number of carbonyl (C=O) groups is 2. The number of rotatable bonds is 13. The van der Waals surface area contributed by atoms with Crippen molar-refractivity contribution in [2.75, 3.05) is 17.1 Å². The van der Waals surface area contributed by atoms with Gasteiger partial charge in [0.2, 0.25) is 21.8 Å². The molecule has 0 aliphatic heterocycles. The van der Waals surface area contributed by atoms with Crippen molar-refractivity contribution in [3.63, 3.8) is 0 Å². The van der Waals surface area contributed by atoms with E-state index in [0.29, 0.717) is 12.1 Å². The van der Waals surface area contributed by atoms with Crippen LogP contribution in [0.2, 0.25) is 0 Å². The van der Waals surface area contributed by atoms with Crippen LogP contribution in [0.1, 0.15) is 43.9 Å². The van der Waals surface area contributed by atoms with Crippen molar-refractivity contribution in [3.05, 3.63) is 100 Å². The van der Waals surface area contributed by atoms with E-state index in [-0.39, 0.29) is 24.9 Å². The highest BCUT2D eigenvalue weighted by molar-refractivity contribution is 9.10. The molecule has 0 fully saturated rings. The summed E-state index contributed by atoms with van der Waals surface area (Å²) in [5.74, 6) is -0.733. The number of para-hydroxylation sites is 1. The second-order valence-electron chi connectivity index (χ2n) is 9.92. The molecule has 7 nitrogen and oxygen atoms in total. The van der Waals surface area contributed by atoms with Gasteiger partial charge < -0.3 is 10.2 Å². The Kier molecular flexibility index (Phi) is 11.3. The second kappa shape index (κ2) is 14.5. The lowest BCUT2D eigenvalue weighted by Gasteiger charge is -2.34. The van der Waals surface area contributed by atoms with Crippen molar-refractivity contribution >= 4 is 43.5 Å². The molecule has 0 heterocycles. The topological polar surface area (TPSA) is 86.8 Å². The van der Waals surface area contributed by atoms with Crippen LogP contribution in [0.4, 0.5) is 5.69 Å². The minimum absolute atomic E-state index is 0.0839. The first-order chi connectivity index (χ1) is 19.0. The highest BCUT2D eigenvalue weighted by Crippen LogP contribution is 2.25. The molecule has 0 bridgehead atoms. The van der Waals surface area contributed by atoms with Gasteiger partial charge in [-0.05, 0) is 54.7 Å². The molecule has 1 N–H and O–H groups in total. The average Bonchev–Trinajstić information content (AvgIpc) is 2.94. The van der Waals surface area contributed by atoms with Gasteiger partial charge in [0.15, 0.2) is 0 Å². The van der Waals surface area contributed by atoms with E-state index in [0.717, 1.165) is 38.1 Å². The van der Waals surface area contributed by atoms with Gasteiger partial charge >= 0.3 is 0 Å². The van der Waals surface area contributed by atoms with Gasteiger partial charge in [0.1, 0.15) is 12.6 Å². The van der Waals surface area contributed by atoms with Crippen molar-refractivity contribution in [3.8, 4) is 0 Å². The monoisotopic (exact) mass is 627 g/mol. The van der Waals surface area contributed by atoms with Gasteiger partial charge in [0.05, 0.1) is 11.9 Å². The molecule has 2 atom stereocenters. The van der Waals surface area contributed by atoms with E-state index in [1.165, 1.54) is 4.90 Å². The van der Waals surface area contributed by atoms with Crippen LogP contribution in [0.25, 0.3) is 0 Å². The SMILES string of the molecule is CCc1ccccc1N(CC(=O)N(Cc1ccc(Br)cc1)[C@H](Cc1ccccc1)C(=O)N[C@H](C)CC)S(C)(=O)=O. The molecule has 0 aliphatic carbocycles. The summed E-state index contributed by atoms with van der Waals surface area (Å²) in [6.07, 6.45) is 2.73. The summed E-state index contributed by atoms with van der Waals surface area (Å²) >= 11 is 3.45. The number of carbonyl (C=O) groups excluding carboxylic acids is 2. The van der Waals surface area contributed by atoms with Crippen molar-refractivity contribution < 1.29 is 18.0 Å². The predicted molar refractivity (Wildman–Crippen MR) is 165 cm³/mol. The molecule has 9 heteroatoms. The van der Waals surface area contributed by atoms with E-state index in [4.69, 9.17) is 0 Å². The Labute approximate surface area is 246 Å². The van der Waals surface area contributed by atoms with Crippen LogP contribution < -0.4 is 9.62 Å². The Morgan fingerprint density at radius 3 is 2.12 bits per heavy atom. The maximum Gasteiger partial charge on any atom is 0.244 e. The molecule has 0 saturated carbocycles. The number of hydrogen-bond acceptors (Lipinski definition) is 4. The molecule has 0 aromatic heterocycles. The number of nitrogens with one attached hydrogen (secondary N) is 1. The van der Waals surface area contributed by atoms with Crippen molar-refractivity contribution in [1.82, 2.24) is 10.2 Å². The minimum Gasteiger partial charge on any atom is -0.352 e. The van der Waals surface area contributed by atoms with Crippen LogP contribution in [-0.4, -0.2) is 50.0 Å². The molecule has 0 radical (unpaired) electrons. The van der Waals surface area contributed by atoms with E-state index in [1.54, 1.807) is 12.1 Å². The summed E-state index contributed by atoms with van der Waals surface area (Å²) in [5.41, 5.74) is 3.01. The van der Waals surface area contributed by atoms with Gasteiger partial charge in [0, 0.05) is 23.5 Å². The molecule has 214 valence electrons. The van der Waals surface area contributed by atoms with Crippen molar-refractivity contribution in [2.45, 2.75) is 58.7 Å². The van der Waals surface area contributed by atoms with E-state index in [2.05, 4.69) is 21.2 Å². The molecule has 2 amide bonds. The summed E-state index contributed by atoms with van der Waals surface area (Å²) in [4.78, 5) is 29.4. The van der Waals surface area contributed by atoms with Crippen LogP contribution in [0.3, 0.4) is 0 Å². The Morgan fingerprint density at radius 2 is 1.52 bits per heavy atom. The third-order valence-corrected chi connectivity index (χ3v) is 8.51. The van der Waals surface area contributed by atoms with Gasteiger partial charge in [-0.2, -0.15) is 0 Å². The fourth-order valence-corrected chi connectivity index (χ4v) is 5.57. The summed E-state index contributed by atoms with van der Waals surface area (Å²) in [6.45, 7) is 5.57. The standard InChI is InChI=1S/C31H38BrN3O4S/c1-5-23(3)33-31(37)29(20-24-12-8-7-9-13-24)34(21-25-16-18-27(32)19-17-25)30(36)22-35(40(4,38)39)28-15-11-10-14-26(28)6-2/h7-19,23,29H,5-6,20-22H2,1-4H3,(H,33,37)/t23-,29-/m1/s1. The van der Waals surface area contributed by atoms with E-state index >= 15 is 0 Å². The molecule has 0 saturated heterocycles. The highest BCUT2D eigenvalue weighted by atomic mass is 79.9. The molecule has 0 aliphatic rings. The molecule has 3 aromatic carbocycles. The number of halogens is 1. The third kappa shape index (κ3) is 8.66. The van der Waals surface area contributed by atoms with Gasteiger partial charge in [-0.25, -0.2) is 8.42 Å². The van der Waals surface area contributed by atoms with Crippen molar-refractivity contribution in [2.24, 2.45) is 0 Å². The van der Waals surface area contributed by atoms with E-state index < -0.39 is 28.5 Å². The van der Waals surface area contributed by atoms with Crippen LogP contribution in [0.5, 0.6) is 0 Å². The Hall–Kier alpha value is -3.17. The number of benzene rings is 3. The number of hydrogen-bond donors (Lipinski definition) is 1. The van der Waals surface area contributed by atoms with Crippen LogP contribution in [-0.2, 0) is 39.0 Å². The largest absolute Gasteiger partial charge is 0.352 e. The maximum absolute atomic E-state index is 14.2. The number of anilines is 1. The lowest BCUT2D eigenvalue weighted by Crippen LogP contribution is -2.54. The zero-order chi connectivity index (χ0) is 29.3. The average molecular weight is 629 g/mol. The van der Waals surface area contributed by atoms with E-state index in [9.17, 15) is 18.0 Å². The normalized spacial score (nSPS) is 12.8. The zero-order valence-corrected chi connectivity index (χ0v) is 25.9. The molecular weight excluding hydrogens is 590 g/mol. The predicted octanol–water partition coefficient (Wildman–Crippen LogP) is 5.33. The van der Waals surface area contributed by atoms with Gasteiger partial charge in [-0.15, -0.1) is 0 Å². The Bertz CT molecular complexity index is 1380. The van der Waals surface area contributed by atoms with Crippen LogP contribution in [0, 0.1) is 0 Å². The molecule has 0 spiro atoms. The van der Waals surface area contributed by atoms with E-state index in [1.807, 2.05) is 87.5 Å². The Morgan fingerprint density at radius 1 is 0.900 bits per heavy atom. The summed E-state index contributed by atoms with van der Waals surface area (Å²) < 4.78 is 28.0. The summed E-state index contributed by atoms with van der Waals surface area (Å²) in [5, 5.41) is 3.04. The second-order valence-corrected chi connectivity index (χ2v) is 12.7. The maximum atomic E-state index is 14.2. The fourth-order valence-electron chi connectivity index (χ4n) is 4.43. The number of nitrogens with zero attached hydrogens (tertiary/aromatic N) is 2. The zero-order valence-electron chi connectivity index (χ0n) is 23.5. The first-order valence-electron chi connectivity index (χ1n) is 13.5. The molecular formula is C31H38BrN3O4S. The number of aryl methyl sites for hydroxylation is 1. The quantitative estimate of drug-likeness (QED) is 0.277. The van der Waals surface area contributed by atoms with Crippen molar-refractivity contribution in [1.29, 1.82) is 0 Å². The molecule has 3 rings (SSSR count). The van der Waals surface area contributed by atoms with Crippen LogP contribution in [0.15, 0.2) is 83.3 Å². The number of sulfonamides is 1. The minimum atomic E-state index is -3.81. The van der Waals surface area contributed by atoms with Gasteiger partial charge in [-0.3, -0.25) is 13.9 Å². The fraction of sp³-hybridized carbons (Fsp3) is 0.355. The Balaban J connectivity index is 2.07. The molecule has 40 heavy (non-hydrogen) atoms. The lowest BCUT2D eigenvalue weighted by molar-refractivity contribution is -0.140. The smallest absolute Gasteiger partial charge is 0.244 e. The molecule has 3 aromatic rings. The molecule has 0 unspecified atom stereocenters. The van der Waals surface area contributed by atoms with Gasteiger partial charge in [0.25, 0.3) is 0 Å². The highest BCUT2D eigenvalue weighted by Gasteiger charge is 2.33. The summed E-state index contributed by atoms with van der Waals surface area (Å²) in [6, 6.07) is 23.3. The lowest BCUT2D eigenvalue weighted by atomic mass is 10.0. The summed E-state index contributed by atoms with van der Waals surface area (Å²) in [7, 11) is -3.81. The first kappa shape index (κ1) is 31.4. The number of amides is 2. The third-order valence-electron chi connectivity index (χ3n) is 6.86. The van der Waals surface area contributed by atoms with Crippen LogP contribution >= 0.6 is 15.9 Å². The first-order valence-corrected chi connectivity index (χ1v) is 16.1.